The van der Waals surface area contributed by atoms with Gasteiger partial charge in [0, 0.05) is 12.1 Å². The Bertz CT molecular complexity index is 796. The van der Waals surface area contributed by atoms with Crippen LogP contribution in [0.1, 0.15) is 27.5 Å². The minimum atomic E-state index is -0.638. The number of nitrogens with zero attached hydrogens (tertiary/aromatic N) is 2. The molecule has 2 aromatic rings. The van der Waals surface area contributed by atoms with Crippen molar-refractivity contribution in [3.8, 4) is 17.6 Å². The molecule has 0 bridgehead atoms. The Balaban J connectivity index is 2.01. The van der Waals surface area contributed by atoms with Gasteiger partial charge in [-0.25, -0.2) is 0 Å². The van der Waals surface area contributed by atoms with E-state index >= 15 is 0 Å². The normalized spacial score (nSPS) is 16.0. The van der Waals surface area contributed by atoms with E-state index in [4.69, 9.17) is 9.47 Å². The van der Waals surface area contributed by atoms with Gasteiger partial charge in [-0.15, -0.1) is 0 Å². The van der Waals surface area contributed by atoms with Crippen LogP contribution in [0.3, 0.4) is 0 Å². The Morgan fingerprint density at radius 3 is 2.46 bits per heavy atom. The molecule has 0 unspecified atom stereocenters. The Kier molecular flexibility index (Phi) is 4.39. The topological polar surface area (TPSA) is 62.6 Å². The maximum absolute atomic E-state index is 12.8. The molecule has 5 nitrogen and oxygen atoms in total. The van der Waals surface area contributed by atoms with Crippen LogP contribution in [-0.2, 0) is 6.42 Å². The summed E-state index contributed by atoms with van der Waals surface area (Å²) >= 11 is 0. The van der Waals surface area contributed by atoms with Crippen LogP contribution in [0.4, 0.5) is 0 Å². The Morgan fingerprint density at radius 1 is 1.17 bits per heavy atom. The van der Waals surface area contributed by atoms with Crippen LogP contribution in [-0.4, -0.2) is 31.6 Å². The van der Waals surface area contributed by atoms with Gasteiger partial charge in [0.1, 0.15) is 6.04 Å². The van der Waals surface area contributed by atoms with E-state index in [1.165, 1.54) is 0 Å². The third-order valence-corrected chi connectivity index (χ3v) is 4.28. The van der Waals surface area contributed by atoms with Gasteiger partial charge in [0.2, 0.25) is 0 Å². The predicted octanol–water partition coefficient (Wildman–Crippen LogP) is 2.97. The third kappa shape index (κ3) is 2.67. The number of methoxy groups -OCH3 is 2. The molecule has 0 fully saturated rings. The molecule has 0 spiro atoms. The largest absolute Gasteiger partial charge is 0.493 e. The summed E-state index contributed by atoms with van der Waals surface area (Å²) in [5, 5.41) is 9.68. The maximum atomic E-state index is 12.8. The highest BCUT2D eigenvalue weighted by atomic mass is 16.5. The lowest BCUT2D eigenvalue weighted by Gasteiger charge is -2.34. The second-order valence-corrected chi connectivity index (χ2v) is 5.55. The molecule has 0 N–H and O–H groups in total. The number of amides is 1. The van der Waals surface area contributed by atoms with Crippen molar-refractivity contribution in [3.63, 3.8) is 0 Å². The number of nitriles is 1. The lowest BCUT2D eigenvalue weighted by atomic mass is 9.92. The van der Waals surface area contributed by atoms with Crippen molar-refractivity contribution in [3.05, 3.63) is 59.2 Å². The Hall–Kier alpha value is -3.00. The summed E-state index contributed by atoms with van der Waals surface area (Å²) in [6.45, 7) is 0.494. The first-order valence-corrected chi connectivity index (χ1v) is 7.70. The van der Waals surface area contributed by atoms with Crippen molar-refractivity contribution in [1.29, 1.82) is 5.26 Å². The van der Waals surface area contributed by atoms with Crippen molar-refractivity contribution >= 4 is 5.91 Å². The summed E-state index contributed by atoms with van der Waals surface area (Å²) in [7, 11) is 3.14. The van der Waals surface area contributed by atoms with Gasteiger partial charge in [-0.1, -0.05) is 18.2 Å². The molecular weight excluding hydrogens is 304 g/mol. The molecule has 0 saturated carbocycles. The molecule has 5 heteroatoms. The average molecular weight is 322 g/mol. The zero-order valence-electron chi connectivity index (χ0n) is 13.7. The molecule has 1 amide bonds. The summed E-state index contributed by atoms with van der Waals surface area (Å²) in [5.41, 5.74) is 2.39. The second-order valence-electron chi connectivity index (χ2n) is 5.55. The summed E-state index contributed by atoms with van der Waals surface area (Å²) in [6, 6.07) is 14.3. The average Bonchev–Trinajstić information content (AvgIpc) is 2.65. The lowest BCUT2D eigenvalue weighted by molar-refractivity contribution is 0.0705. The summed E-state index contributed by atoms with van der Waals surface area (Å²) in [4.78, 5) is 14.4. The van der Waals surface area contributed by atoms with Gasteiger partial charge >= 0.3 is 0 Å². The van der Waals surface area contributed by atoms with Gasteiger partial charge < -0.3 is 14.4 Å². The molecule has 0 aliphatic carbocycles. The Morgan fingerprint density at radius 2 is 1.83 bits per heavy atom. The molecule has 2 aromatic carbocycles. The first-order valence-electron chi connectivity index (χ1n) is 7.70. The van der Waals surface area contributed by atoms with Crippen LogP contribution < -0.4 is 9.47 Å². The summed E-state index contributed by atoms with van der Waals surface area (Å²) in [6.07, 6.45) is 0.673. The molecule has 0 saturated heterocycles. The highest BCUT2D eigenvalue weighted by molar-refractivity contribution is 5.95. The molecule has 0 aromatic heterocycles. The van der Waals surface area contributed by atoms with Crippen molar-refractivity contribution in [1.82, 2.24) is 4.90 Å². The number of benzene rings is 2. The number of ether oxygens (including phenoxy) is 2. The zero-order valence-corrected chi connectivity index (χ0v) is 13.7. The highest BCUT2D eigenvalue weighted by Crippen LogP contribution is 2.38. The SMILES string of the molecule is COc1cc2c(cc1OC)[C@H](C#N)N(C(=O)c1ccccc1)CC2. The summed E-state index contributed by atoms with van der Waals surface area (Å²) < 4.78 is 10.7. The van der Waals surface area contributed by atoms with E-state index in [9.17, 15) is 10.1 Å². The fourth-order valence-electron chi connectivity index (χ4n) is 3.05. The van der Waals surface area contributed by atoms with Crippen LogP contribution in [0.2, 0.25) is 0 Å². The smallest absolute Gasteiger partial charge is 0.255 e. The fourth-order valence-corrected chi connectivity index (χ4v) is 3.05. The summed E-state index contributed by atoms with van der Waals surface area (Å²) in [5.74, 6) is 1.06. The second kappa shape index (κ2) is 6.63. The van der Waals surface area contributed by atoms with Gasteiger partial charge in [-0.2, -0.15) is 5.26 Å². The van der Waals surface area contributed by atoms with Gasteiger partial charge in [0.25, 0.3) is 5.91 Å². The van der Waals surface area contributed by atoms with Crippen molar-refractivity contribution in [2.45, 2.75) is 12.5 Å². The lowest BCUT2D eigenvalue weighted by Crippen LogP contribution is -2.39. The molecule has 122 valence electrons. The monoisotopic (exact) mass is 322 g/mol. The van der Waals surface area contributed by atoms with Gasteiger partial charge in [0.15, 0.2) is 11.5 Å². The first kappa shape index (κ1) is 15.9. The maximum Gasteiger partial charge on any atom is 0.255 e. The fraction of sp³-hybridized carbons (Fsp3) is 0.263. The number of hydrogen-bond donors (Lipinski definition) is 0. The number of rotatable bonds is 3. The Labute approximate surface area is 141 Å². The van der Waals surface area contributed by atoms with E-state index in [0.717, 1.165) is 11.1 Å². The van der Waals surface area contributed by atoms with Crippen LogP contribution in [0.5, 0.6) is 11.5 Å². The molecule has 3 rings (SSSR count). The predicted molar refractivity (Wildman–Crippen MR) is 89.1 cm³/mol. The highest BCUT2D eigenvalue weighted by Gasteiger charge is 2.32. The van der Waals surface area contributed by atoms with Crippen molar-refractivity contribution in [2.75, 3.05) is 20.8 Å². The minimum absolute atomic E-state index is 0.136. The van der Waals surface area contributed by atoms with Gasteiger partial charge in [-0.3, -0.25) is 4.79 Å². The van der Waals surface area contributed by atoms with Gasteiger partial charge in [-0.05, 0) is 41.8 Å². The standard InChI is InChI=1S/C19H18N2O3/c1-23-17-10-14-8-9-21(19(22)13-6-4-3-5-7-13)16(12-20)15(14)11-18(17)24-2/h3-7,10-11,16H,8-9H2,1-2H3/t16-/m0/s1. The zero-order chi connectivity index (χ0) is 17.1. The number of fused-ring (bicyclic) bond motifs is 1. The van der Waals surface area contributed by atoms with Crippen LogP contribution in [0.25, 0.3) is 0 Å². The quantitative estimate of drug-likeness (QED) is 0.871. The first-order chi connectivity index (χ1) is 11.7. The molecule has 24 heavy (non-hydrogen) atoms. The van der Waals surface area contributed by atoms with Crippen molar-refractivity contribution in [2.24, 2.45) is 0 Å². The van der Waals surface area contributed by atoms with Gasteiger partial charge in [0.05, 0.1) is 20.3 Å². The van der Waals surface area contributed by atoms with Crippen LogP contribution in [0.15, 0.2) is 42.5 Å². The molecule has 1 aliphatic rings. The molecule has 0 radical (unpaired) electrons. The van der Waals surface area contributed by atoms with Crippen molar-refractivity contribution < 1.29 is 14.3 Å². The molecule has 1 aliphatic heterocycles. The van der Waals surface area contributed by atoms with E-state index in [2.05, 4.69) is 6.07 Å². The van der Waals surface area contributed by atoms with E-state index in [0.29, 0.717) is 30.0 Å². The van der Waals surface area contributed by atoms with E-state index in [1.807, 2.05) is 24.3 Å². The number of carbonyl (C=O) groups is 1. The van der Waals surface area contributed by atoms with E-state index < -0.39 is 6.04 Å². The van der Waals surface area contributed by atoms with E-state index in [-0.39, 0.29) is 5.91 Å². The minimum Gasteiger partial charge on any atom is -0.493 e. The molecule has 1 atom stereocenters. The molecular formula is C19H18N2O3. The van der Waals surface area contributed by atoms with Crippen LogP contribution >= 0.6 is 0 Å². The number of carbonyl (C=O) groups excluding carboxylic acids is 1. The third-order valence-electron chi connectivity index (χ3n) is 4.28. The molecule has 1 heterocycles. The number of hydrogen-bond acceptors (Lipinski definition) is 4. The van der Waals surface area contributed by atoms with E-state index in [1.54, 1.807) is 37.3 Å². The van der Waals surface area contributed by atoms with Crippen LogP contribution in [0, 0.1) is 11.3 Å².